The summed E-state index contributed by atoms with van der Waals surface area (Å²) in [7, 11) is 0. The molecule has 468 valence electrons. The smallest absolute Gasteiger partial charge is 0.407 e. The highest BCUT2D eigenvalue weighted by Gasteiger charge is 2.41. The van der Waals surface area contributed by atoms with Gasteiger partial charge in [0.05, 0.1) is 24.4 Å². The van der Waals surface area contributed by atoms with Gasteiger partial charge in [0.2, 0.25) is 35.4 Å². The fraction of sp³-hybridized carbons (Fsp3) is 0.821. The third-order valence-corrected chi connectivity index (χ3v) is 13.6. The minimum Gasteiger partial charge on any atom is -0.444 e. The van der Waals surface area contributed by atoms with Gasteiger partial charge in [0.25, 0.3) is 11.8 Å². The van der Waals surface area contributed by atoms with Gasteiger partial charge in [-0.25, -0.2) is 9.59 Å². The van der Waals surface area contributed by atoms with Crippen molar-refractivity contribution >= 4 is 59.4 Å². The molecule has 3 heterocycles. The second-order valence-electron chi connectivity index (χ2n) is 25.2. The van der Waals surface area contributed by atoms with Crippen molar-refractivity contribution in [2.45, 2.75) is 245 Å². The van der Waals surface area contributed by atoms with Crippen molar-refractivity contribution in [1.29, 1.82) is 0 Å². The number of rotatable bonds is 14. The van der Waals surface area contributed by atoms with Crippen molar-refractivity contribution in [1.82, 2.24) is 53.2 Å². The van der Waals surface area contributed by atoms with Gasteiger partial charge in [0.15, 0.2) is 12.2 Å². The number of hydrogen-bond acceptors (Lipinski definition) is 16. The zero-order valence-electron chi connectivity index (χ0n) is 50.7. The number of carbonyl (C=O) groups is 10. The molecule has 0 spiro atoms. The molecule has 3 saturated heterocycles. The maximum atomic E-state index is 14.3. The van der Waals surface area contributed by atoms with E-state index in [1.807, 2.05) is 27.7 Å². The van der Waals surface area contributed by atoms with Crippen LogP contribution in [0.15, 0.2) is 0 Å². The monoisotopic (exact) mass is 1170 g/mol. The Kier molecular flexibility index (Phi) is 28.2. The van der Waals surface area contributed by atoms with Crippen LogP contribution in [0.1, 0.15) is 161 Å². The van der Waals surface area contributed by atoms with Gasteiger partial charge in [-0.2, -0.15) is 0 Å². The highest BCUT2D eigenvalue weighted by Crippen LogP contribution is 2.23. The average molecular weight is 1170 g/mol. The molecule has 0 aliphatic carbocycles. The normalized spacial score (nSPS) is 28.5. The summed E-state index contributed by atoms with van der Waals surface area (Å²) in [5.41, 5.74) is -1.56. The number of alkyl carbamates (subject to hydrolysis) is 2. The van der Waals surface area contributed by atoms with Crippen LogP contribution in [0, 0.1) is 23.7 Å². The lowest BCUT2D eigenvalue weighted by Crippen LogP contribution is -2.61. The number of aliphatic hydroxyl groups is 2. The van der Waals surface area contributed by atoms with Gasteiger partial charge < -0.3 is 82.3 Å². The molecule has 10 amide bonds. The fourth-order valence-electron chi connectivity index (χ4n) is 9.37. The molecule has 3 rings (SSSR count). The Hall–Kier alpha value is -5.86. The van der Waals surface area contributed by atoms with E-state index in [0.29, 0.717) is 0 Å². The van der Waals surface area contributed by atoms with Crippen molar-refractivity contribution in [2.24, 2.45) is 23.7 Å². The van der Waals surface area contributed by atoms with Gasteiger partial charge >= 0.3 is 12.2 Å². The standard InChI is InChI=1S/C56H98N10O16/c1-29(2)25-37-45(69)59-27-33-19-21-39(67)43(79-33)51(75)66-42(32(7)8)50(74)62-36(18-16-24-58-54(78)82-56(12,13)14)48(72)64-38(26-30(3)4)46(70)60-28-34-20-22-40(68)44(80-34)52(76)65-41(31(5)6)49(73)61-35(47(71)63-37)17-15-23-57-53(77)81-55(9,10)11/h29-44,67-68H,15-28H2,1-14H3,(H,57,77)(H,58,78)(H,59,69)(H,60,70)(H,61,73)(H,62,74)(H,63,71)(H,64,72)(H,65,76)(H,66,75)/t33-,34-,35-,36+,37-,38+,39+,40+,41+,42-,43+,44+/m1/s1. The molecular weight excluding hydrogens is 1070 g/mol. The summed E-state index contributed by atoms with van der Waals surface area (Å²) in [5.74, 6) is -7.35. The third kappa shape index (κ3) is 24.9. The quantitative estimate of drug-likeness (QED) is 0.108. The highest BCUT2D eigenvalue weighted by molar-refractivity contribution is 5.96. The third-order valence-electron chi connectivity index (χ3n) is 13.6. The van der Waals surface area contributed by atoms with Crippen LogP contribution in [-0.4, -0.2) is 180 Å². The Bertz CT molecular complexity index is 2020. The van der Waals surface area contributed by atoms with E-state index in [9.17, 15) is 58.2 Å². The summed E-state index contributed by atoms with van der Waals surface area (Å²) in [6.07, 6.45) is -7.54. The lowest BCUT2D eigenvalue weighted by molar-refractivity contribution is -0.160. The van der Waals surface area contributed by atoms with Crippen LogP contribution in [0.4, 0.5) is 9.59 Å². The van der Waals surface area contributed by atoms with Crippen LogP contribution in [-0.2, 0) is 57.3 Å². The summed E-state index contributed by atoms with van der Waals surface area (Å²) in [6.45, 7) is 24.0. The summed E-state index contributed by atoms with van der Waals surface area (Å²) in [4.78, 5) is 138. The molecule has 0 radical (unpaired) electrons. The van der Waals surface area contributed by atoms with Crippen LogP contribution in [0.3, 0.4) is 0 Å². The molecular formula is C56H98N10O16. The van der Waals surface area contributed by atoms with E-state index < -0.39 is 155 Å². The Morgan fingerprint density at radius 1 is 0.488 bits per heavy atom. The fourth-order valence-corrected chi connectivity index (χ4v) is 9.37. The predicted molar refractivity (Wildman–Crippen MR) is 301 cm³/mol. The Morgan fingerprint density at radius 3 is 1.12 bits per heavy atom. The molecule has 0 unspecified atom stereocenters. The van der Waals surface area contributed by atoms with Crippen molar-refractivity contribution in [3.8, 4) is 0 Å². The van der Waals surface area contributed by atoms with E-state index in [0.717, 1.165) is 0 Å². The molecule has 0 saturated carbocycles. The molecule has 26 heteroatoms. The topological polar surface area (TPSA) is 368 Å². The van der Waals surface area contributed by atoms with Crippen LogP contribution < -0.4 is 53.2 Å². The molecule has 12 N–H and O–H groups in total. The number of amides is 10. The van der Waals surface area contributed by atoms with Crippen molar-refractivity contribution in [3.05, 3.63) is 0 Å². The maximum Gasteiger partial charge on any atom is 0.407 e. The zero-order chi connectivity index (χ0) is 61.8. The van der Waals surface area contributed by atoms with Gasteiger partial charge in [0.1, 0.15) is 47.5 Å². The largest absolute Gasteiger partial charge is 0.444 e. The molecule has 3 aliphatic rings. The first-order chi connectivity index (χ1) is 38.1. The van der Waals surface area contributed by atoms with E-state index in [1.165, 1.54) is 0 Å². The van der Waals surface area contributed by atoms with Gasteiger partial charge in [0, 0.05) is 26.2 Å². The molecule has 26 nitrogen and oxygen atoms in total. The van der Waals surface area contributed by atoms with Crippen molar-refractivity contribution in [2.75, 3.05) is 26.2 Å². The van der Waals surface area contributed by atoms with Gasteiger partial charge in [-0.1, -0.05) is 55.4 Å². The van der Waals surface area contributed by atoms with E-state index in [4.69, 9.17) is 18.9 Å². The molecule has 0 aromatic carbocycles. The lowest BCUT2D eigenvalue weighted by Gasteiger charge is -2.35. The van der Waals surface area contributed by atoms with Crippen LogP contribution in [0.5, 0.6) is 0 Å². The van der Waals surface area contributed by atoms with Crippen molar-refractivity contribution < 1.29 is 77.1 Å². The number of hydrogen-bond donors (Lipinski definition) is 12. The Morgan fingerprint density at radius 2 is 0.817 bits per heavy atom. The average Bonchev–Trinajstić information content (AvgIpc) is 3.48. The Balaban J connectivity index is 2.05. The maximum absolute atomic E-state index is 14.3. The summed E-state index contributed by atoms with van der Waals surface area (Å²) >= 11 is 0. The summed E-state index contributed by atoms with van der Waals surface area (Å²) in [6, 6.07) is -7.47. The molecule has 12 atom stereocenters. The number of carbonyl (C=O) groups excluding carboxylic acids is 10. The van der Waals surface area contributed by atoms with E-state index >= 15 is 0 Å². The number of ether oxygens (including phenoxy) is 4. The number of aliphatic hydroxyl groups excluding tert-OH is 2. The first kappa shape index (κ1) is 70.4. The van der Waals surface area contributed by atoms with Gasteiger partial charge in [-0.05, 0) is 129 Å². The zero-order valence-corrected chi connectivity index (χ0v) is 50.7. The lowest BCUT2D eigenvalue weighted by atomic mass is 9.97. The first-order valence-corrected chi connectivity index (χ1v) is 29.1. The molecule has 4 bridgehead atoms. The van der Waals surface area contributed by atoms with Crippen molar-refractivity contribution in [3.63, 3.8) is 0 Å². The SMILES string of the molecule is CC(C)C[C@@H]1NC(=O)[C@H](CCCNC(=O)OC(C)(C)C)NC(=O)[C@@H](C(C)C)NC(=O)[C@H]2O[C@H](CC[C@@H]2O)CNC(=O)[C@@H](CC(C)C)NC(=O)[C@@H](CCCNC(=O)OC(C)(C)C)NC(=O)[C@H](C(C)C)NC(=O)[C@H]2O[C@H](CC[C@@H]2O)CNC1=O. The minimum atomic E-state index is -1.49. The van der Waals surface area contributed by atoms with E-state index in [1.54, 1.807) is 69.2 Å². The van der Waals surface area contributed by atoms with Gasteiger partial charge in [-0.15, -0.1) is 0 Å². The van der Waals surface area contributed by atoms with Crippen LogP contribution >= 0.6 is 0 Å². The van der Waals surface area contributed by atoms with Gasteiger partial charge in [-0.3, -0.25) is 38.4 Å². The predicted octanol–water partition coefficient (Wildman–Crippen LogP) is 0.972. The highest BCUT2D eigenvalue weighted by atomic mass is 16.6. The molecule has 0 aromatic heterocycles. The number of fused-ring (bicyclic) bond motifs is 4. The van der Waals surface area contributed by atoms with E-state index in [-0.39, 0.29) is 102 Å². The van der Waals surface area contributed by atoms with Crippen LogP contribution in [0.2, 0.25) is 0 Å². The first-order valence-electron chi connectivity index (χ1n) is 29.1. The second kappa shape index (κ2) is 32.8. The van der Waals surface area contributed by atoms with E-state index in [2.05, 4.69) is 53.2 Å². The van der Waals surface area contributed by atoms with Crippen LogP contribution in [0.25, 0.3) is 0 Å². The summed E-state index contributed by atoms with van der Waals surface area (Å²) in [5, 5.41) is 49.4. The minimum absolute atomic E-state index is 0.0409. The Labute approximate surface area is 483 Å². The second-order valence-corrected chi connectivity index (χ2v) is 25.2. The molecule has 3 fully saturated rings. The summed E-state index contributed by atoms with van der Waals surface area (Å²) < 4.78 is 22.8. The number of nitrogens with one attached hydrogen (secondary N) is 10. The molecule has 82 heavy (non-hydrogen) atoms. The molecule has 3 aliphatic heterocycles. The molecule has 0 aromatic rings.